The van der Waals surface area contributed by atoms with Crippen LogP contribution in [0.2, 0.25) is 0 Å². The molecule has 0 atom stereocenters. The van der Waals surface area contributed by atoms with E-state index in [1.54, 1.807) is 0 Å². The van der Waals surface area contributed by atoms with E-state index in [1.165, 1.54) is 38.0 Å². The lowest BCUT2D eigenvalue weighted by Crippen LogP contribution is -1.98. The Hall–Kier alpha value is -6.96. The van der Waals surface area contributed by atoms with Crippen LogP contribution in [0, 0.1) is 11.3 Å². The molecule has 53 heavy (non-hydrogen) atoms. The van der Waals surface area contributed by atoms with E-state index in [1.807, 2.05) is 24.3 Å². The fourth-order valence-corrected chi connectivity index (χ4v) is 8.23. The minimum Gasteiger partial charge on any atom is -0.340 e. The normalized spacial score (nSPS) is 11.6. The van der Waals surface area contributed by atoms with Gasteiger partial charge in [-0.2, -0.15) is 5.26 Å². The van der Waals surface area contributed by atoms with E-state index < -0.39 is 0 Å². The summed E-state index contributed by atoms with van der Waals surface area (Å²) in [6, 6.07) is 60.5. The van der Waals surface area contributed by atoms with E-state index in [9.17, 15) is 5.26 Å². The monoisotopic (exact) mass is 678 g/mol. The predicted molar refractivity (Wildman–Crippen MR) is 220 cm³/mol. The van der Waals surface area contributed by atoms with Crippen molar-refractivity contribution in [3.63, 3.8) is 0 Å². The highest BCUT2D eigenvalue weighted by Gasteiger charge is 2.21. The van der Waals surface area contributed by atoms with Crippen LogP contribution >= 0.6 is 0 Å². The van der Waals surface area contributed by atoms with Crippen LogP contribution < -0.4 is 0 Å². The third-order valence-corrected chi connectivity index (χ3v) is 10.7. The third kappa shape index (κ3) is 4.93. The number of aryl methyl sites for hydroxylation is 1. The standard InChI is InChI=1S/C49H34N4/c1-2-27-52-45-25-23-35(33-21-19-32(31-50)20-22-33)29-43(45)44-30-36(24-26-46(44)52)34-11-10-12-37(28-34)49-51-47-41-17-8-6-15-39(41)40-16-7-9-18-42(40)48(47)53(49)38-13-4-3-5-14-38/h3-26,28-30H,2,27H2,1H3. The van der Waals surface area contributed by atoms with Crippen molar-refractivity contribution in [1.82, 2.24) is 14.1 Å². The molecule has 2 heterocycles. The van der Waals surface area contributed by atoms with Gasteiger partial charge in [0.1, 0.15) is 5.82 Å². The molecule has 4 heteroatoms. The Morgan fingerprint density at radius 1 is 0.509 bits per heavy atom. The summed E-state index contributed by atoms with van der Waals surface area (Å²) in [5.41, 5.74) is 12.0. The molecule has 0 aliphatic rings. The van der Waals surface area contributed by atoms with Gasteiger partial charge < -0.3 is 4.57 Å². The van der Waals surface area contributed by atoms with Gasteiger partial charge in [0.05, 0.1) is 22.7 Å². The SMILES string of the molecule is CCCn1c2ccc(-c3ccc(C#N)cc3)cc2c2cc(-c3cccc(-c4nc5c6ccccc6c6ccccc6c5n4-c4ccccc4)c3)ccc21. The van der Waals surface area contributed by atoms with Crippen LogP contribution in [0.15, 0.2) is 164 Å². The van der Waals surface area contributed by atoms with E-state index in [-0.39, 0.29) is 0 Å². The first-order valence-electron chi connectivity index (χ1n) is 18.2. The summed E-state index contributed by atoms with van der Waals surface area (Å²) >= 11 is 0. The number of aromatic nitrogens is 3. The average molecular weight is 679 g/mol. The number of hydrogen-bond acceptors (Lipinski definition) is 2. The van der Waals surface area contributed by atoms with Crippen molar-refractivity contribution in [1.29, 1.82) is 5.26 Å². The molecule has 0 radical (unpaired) electrons. The molecule has 2 aromatic heterocycles. The topological polar surface area (TPSA) is 46.5 Å². The van der Waals surface area contributed by atoms with Gasteiger partial charge in [-0.25, -0.2) is 4.98 Å². The molecule has 0 bridgehead atoms. The van der Waals surface area contributed by atoms with Gasteiger partial charge in [0.15, 0.2) is 0 Å². The summed E-state index contributed by atoms with van der Waals surface area (Å²) in [7, 11) is 0. The molecule has 0 aliphatic heterocycles. The van der Waals surface area contributed by atoms with Crippen molar-refractivity contribution in [2.75, 3.05) is 0 Å². The molecule has 0 saturated heterocycles. The molecule has 0 spiro atoms. The first-order valence-corrected chi connectivity index (χ1v) is 18.2. The average Bonchev–Trinajstić information content (AvgIpc) is 3.78. The van der Waals surface area contributed by atoms with Gasteiger partial charge in [0.25, 0.3) is 0 Å². The van der Waals surface area contributed by atoms with Crippen LogP contribution in [0.4, 0.5) is 0 Å². The van der Waals surface area contributed by atoms with E-state index in [2.05, 4.69) is 162 Å². The van der Waals surface area contributed by atoms with Crippen LogP contribution in [-0.4, -0.2) is 14.1 Å². The van der Waals surface area contributed by atoms with Crippen LogP contribution in [0.3, 0.4) is 0 Å². The second-order valence-electron chi connectivity index (χ2n) is 13.8. The van der Waals surface area contributed by atoms with Crippen LogP contribution in [0.25, 0.3) is 93.7 Å². The number of fused-ring (bicyclic) bond motifs is 9. The second-order valence-corrected chi connectivity index (χ2v) is 13.8. The van der Waals surface area contributed by atoms with Gasteiger partial charge in [0.2, 0.25) is 0 Å². The quantitative estimate of drug-likeness (QED) is 0.164. The Morgan fingerprint density at radius 2 is 1.08 bits per heavy atom. The zero-order valence-electron chi connectivity index (χ0n) is 29.3. The number of imidazole rings is 1. The van der Waals surface area contributed by atoms with Gasteiger partial charge >= 0.3 is 0 Å². The number of nitriles is 1. The van der Waals surface area contributed by atoms with Crippen molar-refractivity contribution >= 4 is 54.4 Å². The summed E-state index contributed by atoms with van der Waals surface area (Å²) in [5, 5.41) is 16.6. The Bertz CT molecular complexity index is 3070. The fraction of sp³-hybridized carbons (Fsp3) is 0.0612. The number of hydrogen-bond donors (Lipinski definition) is 0. The van der Waals surface area contributed by atoms with Crippen molar-refractivity contribution in [2.24, 2.45) is 0 Å². The van der Waals surface area contributed by atoms with Gasteiger partial charge in [-0.15, -0.1) is 0 Å². The molecule has 0 fully saturated rings. The number of benzene rings is 8. The molecule has 8 aromatic carbocycles. The number of rotatable bonds is 6. The van der Waals surface area contributed by atoms with E-state index in [0.29, 0.717) is 5.56 Å². The first-order chi connectivity index (χ1) is 26.2. The van der Waals surface area contributed by atoms with Crippen molar-refractivity contribution < 1.29 is 0 Å². The number of nitrogens with zero attached hydrogens (tertiary/aromatic N) is 4. The highest BCUT2D eigenvalue weighted by Crippen LogP contribution is 2.41. The Balaban J connectivity index is 1.18. The maximum Gasteiger partial charge on any atom is 0.145 e. The zero-order chi connectivity index (χ0) is 35.5. The Kier molecular flexibility index (Phi) is 7.19. The molecule has 0 N–H and O–H groups in total. The first kappa shape index (κ1) is 30.8. The maximum absolute atomic E-state index is 9.33. The summed E-state index contributed by atoms with van der Waals surface area (Å²) in [6.45, 7) is 3.18. The van der Waals surface area contributed by atoms with Crippen molar-refractivity contribution in [3.8, 4) is 45.4 Å². The van der Waals surface area contributed by atoms with E-state index in [0.717, 1.165) is 68.7 Å². The Labute approximate surface area is 307 Å². The molecular formula is C49H34N4. The molecule has 4 nitrogen and oxygen atoms in total. The van der Waals surface area contributed by atoms with Gasteiger partial charge in [0, 0.05) is 50.4 Å². The van der Waals surface area contributed by atoms with Gasteiger partial charge in [-0.05, 0) is 94.0 Å². The smallest absolute Gasteiger partial charge is 0.145 e. The lowest BCUT2D eigenvalue weighted by atomic mass is 9.99. The summed E-state index contributed by atoms with van der Waals surface area (Å²) in [6.07, 6.45) is 1.05. The summed E-state index contributed by atoms with van der Waals surface area (Å²) < 4.78 is 4.79. The lowest BCUT2D eigenvalue weighted by Gasteiger charge is -2.13. The van der Waals surface area contributed by atoms with Crippen molar-refractivity contribution in [3.05, 3.63) is 169 Å². The molecular weight excluding hydrogens is 645 g/mol. The van der Waals surface area contributed by atoms with E-state index >= 15 is 0 Å². The van der Waals surface area contributed by atoms with E-state index in [4.69, 9.17) is 4.98 Å². The fourth-order valence-electron chi connectivity index (χ4n) is 8.23. The van der Waals surface area contributed by atoms with Gasteiger partial charge in [-0.1, -0.05) is 116 Å². The second kappa shape index (κ2) is 12.4. The highest BCUT2D eigenvalue weighted by molar-refractivity contribution is 6.24. The van der Waals surface area contributed by atoms with Gasteiger partial charge in [-0.3, -0.25) is 4.57 Å². The molecule has 0 unspecified atom stereocenters. The Morgan fingerprint density at radius 3 is 1.75 bits per heavy atom. The molecule has 0 amide bonds. The minimum atomic E-state index is 0.669. The number of para-hydroxylation sites is 1. The highest BCUT2D eigenvalue weighted by atomic mass is 15.1. The molecule has 0 aliphatic carbocycles. The summed E-state index contributed by atoms with van der Waals surface area (Å²) in [5.74, 6) is 0.919. The van der Waals surface area contributed by atoms with Crippen LogP contribution in [0.1, 0.15) is 18.9 Å². The largest absolute Gasteiger partial charge is 0.340 e. The maximum atomic E-state index is 9.33. The predicted octanol–water partition coefficient (Wildman–Crippen LogP) is 12.7. The summed E-state index contributed by atoms with van der Waals surface area (Å²) in [4.78, 5) is 5.48. The van der Waals surface area contributed by atoms with Crippen LogP contribution in [-0.2, 0) is 6.54 Å². The zero-order valence-corrected chi connectivity index (χ0v) is 29.3. The van der Waals surface area contributed by atoms with Crippen molar-refractivity contribution in [2.45, 2.75) is 19.9 Å². The molecule has 0 saturated carbocycles. The third-order valence-electron chi connectivity index (χ3n) is 10.7. The lowest BCUT2D eigenvalue weighted by molar-refractivity contribution is 0.724. The van der Waals surface area contributed by atoms with Crippen LogP contribution in [0.5, 0.6) is 0 Å². The molecule has 250 valence electrons. The minimum absolute atomic E-state index is 0.669. The molecule has 10 aromatic rings. The molecule has 10 rings (SSSR count).